The molecule has 9 nitrogen and oxygen atoms in total. The second-order valence-corrected chi connectivity index (χ2v) is 10.1. The van der Waals surface area contributed by atoms with Gasteiger partial charge in [-0.25, -0.2) is 18.1 Å². The fourth-order valence-corrected chi connectivity index (χ4v) is 4.90. The van der Waals surface area contributed by atoms with E-state index in [2.05, 4.69) is 20.3 Å². The molecule has 4 N–H and O–H groups in total. The third kappa shape index (κ3) is 6.69. The highest BCUT2D eigenvalue weighted by molar-refractivity contribution is 7.89. The molecule has 1 aliphatic rings. The number of nitriles is 1. The van der Waals surface area contributed by atoms with E-state index in [4.69, 9.17) is 5.26 Å². The lowest BCUT2D eigenvalue weighted by Gasteiger charge is -2.18. The summed E-state index contributed by atoms with van der Waals surface area (Å²) in [6.45, 7) is 0. The first kappa shape index (κ1) is 24.9. The lowest BCUT2D eigenvalue weighted by Crippen LogP contribution is -2.30. The number of sulfonamides is 1. The van der Waals surface area contributed by atoms with Crippen LogP contribution in [0.25, 0.3) is 11.1 Å². The van der Waals surface area contributed by atoms with Crippen molar-refractivity contribution in [3.05, 3.63) is 84.4 Å². The Morgan fingerprint density at radius 1 is 1.03 bits per heavy atom. The van der Waals surface area contributed by atoms with E-state index in [1.165, 1.54) is 12.1 Å². The highest BCUT2D eigenvalue weighted by Crippen LogP contribution is 2.27. The SMILES string of the molecule is N#CNC(=NC1CC1)Nc1cccc(-c2cccc(S(=O)(=O)NC(CC(=O)O)c3ccccc3)c2)c1. The van der Waals surface area contributed by atoms with Gasteiger partial charge in [-0.2, -0.15) is 5.26 Å². The Kier molecular flexibility index (Phi) is 7.63. The van der Waals surface area contributed by atoms with Crippen molar-refractivity contribution in [1.82, 2.24) is 10.0 Å². The fraction of sp³-hybridized carbons (Fsp3) is 0.192. The standard InChI is InChI=1S/C26H25N5O4S/c27-17-28-26(29-21-12-13-21)30-22-10-4-8-19(14-22)20-9-5-11-23(15-20)36(34,35)31-24(16-25(32)33)18-6-2-1-3-7-18/h1-11,14-15,21,24,31H,12-13,16H2,(H,32,33)(H2,28,29,30). The van der Waals surface area contributed by atoms with Crippen molar-refractivity contribution in [2.45, 2.75) is 36.2 Å². The molecule has 0 spiro atoms. The van der Waals surface area contributed by atoms with E-state index >= 15 is 0 Å². The van der Waals surface area contributed by atoms with Gasteiger partial charge in [-0.15, -0.1) is 0 Å². The number of guanidine groups is 1. The van der Waals surface area contributed by atoms with E-state index in [9.17, 15) is 18.3 Å². The molecule has 3 aromatic carbocycles. The number of aliphatic carboxylic acids is 1. The summed E-state index contributed by atoms with van der Waals surface area (Å²) >= 11 is 0. The van der Waals surface area contributed by atoms with Gasteiger partial charge >= 0.3 is 5.97 Å². The molecule has 0 aromatic heterocycles. The van der Waals surface area contributed by atoms with Crippen LogP contribution in [-0.2, 0) is 14.8 Å². The lowest BCUT2D eigenvalue weighted by atomic mass is 10.1. The van der Waals surface area contributed by atoms with E-state index in [0.29, 0.717) is 22.8 Å². The summed E-state index contributed by atoms with van der Waals surface area (Å²) in [6.07, 6.45) is 3.47. The van der Waals surface area contributed by atoms with Crippen molar-refractivity contribution in [3.63, 3.8) is 0 Å². The van der Waals surface area contributed by atoms with Crippen LogP contribution in [0.3, 0.4) is 0 Å². The third-order valence-electron chi connectivity index (χ3n) is 5.51. The first-order chi connectivity index (χ1) is 17.3. The zero-order valence-corrected chi connectivity index (χ0v) is 20.1. The molecule has 1 fully saturated rings. The van der Waals surface area contributed by atoms with E-state index < -0.39 is 28.5 Å². The molecule has 1 unspecified atom stereocenters. The number of benzene rings is 3. The van der Waals surface area contributed by atoms with Crippen LogP contribution < -0.4 is 15.4 Å². The summed E-state index contributed by atoms with van der Waals surface area (Å²) < 4.78 is 28.9. The number of aliphatic imine (C=N–C) groups is 1. The molecule has 0 amide bonds. The molecule has 10 heteroatoms. The van der Waals surface area contributed by atoms with Crippen LogP contribution in [0.4, 0.5) is 5.69 Å². The van der Waals surface area contributed by atoms with Crippen molar-refractivity contribution < 1.29 is 18.3 Å². The average Bonchev–Trinajstić information content (AvgIpc) is 3.68. The number of carboxylic acid groups (broad SMARTS) is 1. The first-order valence-electron chi connectivity index (χ1n) is 11.3. The lowest BCUT2D eigenvalue weighted by molar-refractivity contribution is -0.137. The molecule has 1 aliphatic carbocycles. The molecule has 4 rings (SSSR count). The molecule has 0 radical (unpaired) electrons. The molecular weight excluding hydrogens is 478 g/mol. The smallest absolute Gasteiger partial charge is 0.305 e. The Hall–Kier alpha value is -4.20. The van der Waals surface area contributed by atoms with Crippen molar-refractivity contribution in [2.24, 2.45) is 4.99 Å². The van der Waals surface area contributed by atoms with Gasteiger partial charge in [0.15, 0.2) is 6.19 Å². The zero-order chi connectivity index (χ0) is 25.5. The predicted molar refractivity (Wildman–Crippen MR) is 136 cm³/mol. The van der Waals surface area contributed by atoms with Gasteiger partial charge in [0.05, 0.1) is 23.4 Å². The Morgan fingerprint density at radius 2 is 1.72 bits per heavy atom. The van der Waals surface area contributed by atoms with Crippen molar-refractivity contribution >= 4 is 27.6 Å². The Morgan fingerprint density at radius 3 is 2.39 bits per heavy atom. The van der Waals surface area contributed by atoms with E-state index in [1.807, 2.05) is 30.5 Å². The van der Waals surface area contributed by atoms with Crippen molar-refractivity contribution in [3.8, 4) is 17.3 Å². The summed E-state index contributed by atoms with van der Waals surface area (Å²) in [5.41, 5.74) is 2.66. The number of anilines is 1. The van der Waals surface area contributed by atoms with Gasteiger partial charge < -0.3 is 10.4 Å². The number of rotatable bonds is 9. The van der Waals surface area contributed by atoms with Gasteiger partial charge in [-0.05, 0) is 53.8 Å². The van der Waals surface area contributed by atoms with Gasteiger partial charge in [0.1, 0.15) is 0 Å². The minimum absolute atomic E-state index is 0.0202. The number of hydrogen-bond donors (Lipinski definition) is 4. The van der Waals surface area contributed by atoms with E-state index in [1.54, 1.807) is 42.5 Å². The van der Waals surface area contributed by atoms with Crippen LogP contribution in [0.1, 0.15) is 30.9 Å². The van der Waals surface area contributed by atoms with Crippen molar-refractivity contribution in [1.29, 1.82) is 5.26 Å². The summed E-state index contributed by atoms with van der Waals surface area (Å²) in [7, 11) is -4.02. The topological polar surface area (TPSA) is 144 Å². The first-order valence-corrected chi connectivity index (χ1v) is 12.8. The molecule has 0 bridgehead atoms. The second-order valence-electron chi connectivity index (χ2n) is 8.36. The highest BCUT2D eigenvalue weighted by Gasteiger charge is 2.24. The maximum atomic E-state index is 13.2. The zero-order valence-electron chi connectivity index (χ0n) is 19.3. The van der Waals surface area contributed by atoms with Gasteiger partial charge in [-0.3, -0.25) is 10.1 Å². The van der Waals surface area contributed by atoms with Crippen LogP contribution >= 0.6 is 0 Å². The average molecular weight is 504 g/mol. The van der Waals surface area contributed by atoms with Gasteiger partial charge in [0.2, 0.25) is 16.0 Å². The van der Waals surface area contributed by atoms with Crippen LogP contribution in [-0.4, -0.2) is 31.5 Å². The van der Waals surface area contributed by atoms with Crippen LogP contribution in [0.2, 0.25) is 0 Å². The molecule has 0 heterocycles. The number of hydrogen-bond acceptors (Lipinski definition) is 5. The number of nitrogens with zero attached hydrogens (tertiary/aromatic N) is 2. The monoisotopic (exact) mass is 503 g/mol. The molecule has 184 valence electrons. The Labute approximate surface area is 209 Å². The fourth-order valence-electron chi connectivity index (χ4n) is 3.63. The summed E-state index contributed by atoms with van der Waals surface area (Å²) in [4.78, 5) is 15.8. The van der Waals surface area contributed by atoms with E-state index in [-0.39, 0.29) is 10.9 Å². The molecule has 1 saturated carbocycles. The van der Waals surface area contributed by atoms with Crippen molar-refractivity contribution in [2.75, 3.05) is 5.32 Å². The minimum atomic E-state index is -4.02. The molecule has 3 aromatic rings. The summed E-state index contributed by atoms with van der Waals surface area (Å²) in [6, 6.07) is 21.7. The maximum Gasteiger partial charge on any atom is 0.305 e. The number of carbonyl (C=O) groups is 1. The molecule has 1 atom stereocenters. The van der Waals surface area contributed by atoms with Crippen LogP contribution in [0.5, 0.6) is 0 Å². The normalized spacial score (nSPS) is 14.5. The Balaban J connectivity index is 1.58. The molecule has 36 heavy (non-hydrogen) atoms. The van der Waals surface area contributed by atoms with Gasteiger partial charge in [0.25, 0.3) is 0 Å². The quantitative estimate of drug-likeness (QED) is 0.150. The second kappa shape index (κ2) is 11.0. The highest BCUT2D eigenvalue weighted by atomic mass is 32.2. The maximum absolute atomic E-state index is 13.2. The predicted octanol–water partition coefficient (Wildman–Crippen LogP) is 3.85. The van der Waals surface area contributed by atoms with Crippen LogP contribution in [0, 0.1) is 11.5 Å². The minimum Gasteiger partial charge on any atom is -0.481 e. The number of carboxylic acids is 1. The Bertz CT molecular complexity index is 1410. The summed E-state index contributed by atoms with van der Waals surface area (Å²) in [5.74, 6) is -0.747. The number of nitrogens with one attached hydrogen (secondary N) is 3. The molecule has 0 saturated heterocycles. The van der Waals surface area contributed by atoms with Gasteiger partial charge in [-0.1, -0.05) is 54.6 Å². The molecule has 0 aliphatic heterocycles. The largest absolute Gasteiger partial charge is 0.481 e. The van der Waals surface area contributed by atoms with Crippen LogP contribution in [0.15, 0.2) is 88.8 Å². The third-order valence-corrected chi connectivity index (χ3v) is 6.98. The van der Waals surface area contributed by atoms with E-state index in [0.717, 1.165) is 18.4 Å². The summed E-state index contributed by atoms with van der Waals surface area (Å²) in [5, 5.41) is 24.0. The van der Waals surface area contributed by atoms with Gasteiger partial charge in [0, 0.05) is 5.69 Å². The molecular formula is C26H25N5O4S.